The van der Waals surface area contributed by atoms with Crippen LogP contribution in [0.3, 0.4) is 0 Å². The molecule has 2 heterocycles. The van der Waals surface area contributed by atoms with Gasteiger partial charge in [-0.2, -0.15) is 4.31 Å². The largest absolute Gasteiger partial charge is 0.478 e. The lowest BCUT2D eigenvalue weighted by molar-refractivity contribution is 0.0697. The maximum absolute atomic E-state index is 13.0. The molecular formula is C16H18N2O4S2. The Kier molecular flexibility index (Phi) is 4.73. The number of piperazine rings is 1. The van der Waals surface area contributed by atoms with Gasteiger partial charge in [-0.1, -0.05) is 30.3 Å². The molecule has 1 aromatic heterocycles. The predicted octanol–water partition coefficient (Wildman–Crippen LogP) is 2.12. The first kappa shape index (κ1) is 17.1. The molecule has 2 aromatic rings. The standard InChI is InChI=1S/C16H18N2O4S2/c1-17-7-8-18(14(10-17)12-5-3-2-4-6-12)24(21,22)15-9-13(11-23-15)16(19)20/h2-6,9,11,14H,7-8,10H2,1H3,(H,19,20). The van der Waals surface area contributed by atoms with Gasteiger partial charge < -0.3 is 10.0 Å². The monoisotopic (exact) mass is 366 g/mol. The van der Waals surface area contributed by atoms with Crippen molar-refractivity contribution in [3.8, 4) is 0 Å². The van der Waals surface area contributed by atoms with E-state index in [1.54, 1.807) is 0 Å². The van der Waals surface area contributed by atoms with E-state index in [9.17, 15) is 13.2 Å². The van der Waals surface area contributed by atoms with Crippen LogP contribution in [0.25, 0.3) is 0 Å². The minimum atomic E-state index is -3.73. The van der Waals surface area contributed by atoms with Crippen LogP contribution in [0.15, 0.2) is 46.0 Å². The van der Waals surface area contributed by atoms with Crippen LogP contribution in [-0.2, 0) is 10.0 Å². The van der Waals surface area contributed by atoms with Crippen LogP contribution in [0.2, 0.25) is 0 Å². The molecule has 1 aliphatic heterocycles. The van der Waals surface area contributed by atoms with Gasteiger partial charge >= 0.3 is 5.97 Å². The van der Waals surface area contributed by atoms with Gasteiger partial charge in [0.25, 0.3) is 10.0 Å². The van der Waals surface area contributed by atoms with Crippen LogP contribution in [-0.4, -0.2) is 55.4 Å². The van der Waals surface area contributed by atoms with E-state index in [0.29, 0.717) is 19.6 Å². The van der Waals surface area contributed by atoms with E-state index < -0.39 is 16.0 Å². The molecule has 1 unspecified atom stereocenters. The quantitative estimate of drug-likeness (QED) is 0.897. The molecule has 1 aliphatic rings. The van der Waals surface area contributed by atoms with Crippen LogP contribution in [0.4, 0.5) is 0 Å². The second-order valence-electron chi connectivity index (χ2n) is 5.76. The first-order valence-electron chi connectivity index (χ1n) is 7.47. The normalized spacial score (nSPS) is 20.1. The molecule has 1 saturated heterocycles. The third kappa shape index (κ3) is 3.23. The lowest BCUT2D eigenvalue weighted by Crippen LogP contribution is -2.49. The van der Waals surface area contributed by atoms with E-state index in [2.05, 4.69) is 4.90 Å². The van der Waals surface area contributed by atoms with Gasteiger partial charge in [-0.3, -0.25) is 0 Å². The van der Waals surface area contributed by atoms with Crippen molar-refractivity contribution in [3.05, 3.63) is 52.9 Å². The van der Waals surface area contributed by atoms with Crippen molar-refractivity contribution in [2.75, 3.05) is 26.7 Å². The van der Waals surface area contributed by atoms with E-state index in [-0.39, 0.29) is 15.8 Å². The van der Waals surface area contributed by atoms with Crippen molar-refractivity contribution in [1.82, 2.24) is 9.21 Å². The Morgan fingerprint density at radius 1 is 1.25 bits per heavy atom. The van der Waals surface area contributed by atoms with Crippen molar-refractivity contribution in [2.24, 2.45) is 0 Å². The molecular weight excluding hydrogens is 348 g/mol. The molecule has 1 atom stereocenters. The minimum absolute atomic E-state index is 0.00367. The first-order valence-corrected chi connectivity index (χ1v) is 9.79. The topological polar surface area (TPSA) is 77.9 Å². The summed E-state index contributed by atoms with van der Waals surface area (Å²) in [4.78, 5) is 13.1. The fourth-order valence-electron chi connectivity index (χ4n) is 2.82. The summed E-state index contributed by atoms with van der Waals surface area (Å²) in [5.74, 6) is -1.12. The number of carboxylic acid groups (broad SMARTS) is 1. The van der Waals surface area contributed by atoms with E-state index >= 15 is 0 Å². The summed E-state index contributed by atoms with van der Waals surface area (Å²) in [7, 11) is -1.77. The zero-order valence-electron chi connectivity index (χ0n) is 13.1. The molecule has 0 radical (unpaired) electrons. The van der Waals surface area contributed by atoms with Crippen molar-refractivity contribution in [2.45, 2.75) is 10.3 Å². The summed E-state index contributed by atoms with van der Waals surface area (Å²) in [6.07, 6.45) is 0. The van der Waals surface area contributed by atoms with Crippen molar-refractivity contribution < 1.29 is 18.3 Å². The number of thiophene rings is 1. The highest BCUT2D eigenvalue weighted by atomic mass is 32.2. The van der Waals surface area contributed by atoms with Gasteiger partial charge in [-0.15, -0.1) is 11.3 Å². The van der Waals surface area contributed by atoms with E-state index in [4.69, 9.17) is 5.11 Å². The average molecular weight is 366 g/mol. The molecule has 0 spiro atoms. The molecule has 1 fully saturated rings. The van der Waals surface area contributed by atoms with Gasteiger partial charge in [0.05, 0.1) is 11.6 Å². The van der Waals surface area contributed by atoms with E-state index in [1.807, 2.05) is 37.4 Å². The first-order chi connectivity index (χ1) is 11.4. The van der Waals surface area contributed by atoms with Crippen LogP contribution >= 0.6 is 11.3 Å². The number of carbonyl (C=O) groups is 1. The van der Waals surface area contributed by atoms with Gasteiger partial charge in [-0.25, -0.2) is 13.2 Å². The zero-order chi connectivity index (χ0) is 17.3. The van der Waals surface area contributed by atoms with Crippen molar-refractivity contribution in [3.63, 3.8) is 0 Å². The summed E-state index contributed by atoms with van der Waals surface area (Å²) in [5.41, 5.74) is 0.937. The fraction of sp³-hybridized carbons (Fsp3) is 0.312. The summed E-state index contributed by atoms with van der Waals surface area (Å²) in [6, 6.07) is 10.5. The Morgan fingerprint density at radius 3 is 2.58 bits per heavy atom. The van der Waals surface area contributed by atoms with Crippen molar-refractivity contribution in [1.29, 1.82) is 0 Å². The highest BCUT2D eigenvalue weighted by molar-refractivity contribution is 7.91. The maximum atomic E-state index is 13.0. The number of nitrogens with zero attached hydrogens (tertiary/aromatic N) is 2. The number of aromatic carboxylic acids is 1. The van der Waals surface area contributed by atoms with Gasteiger partial charge in [0.2, 0.25) is 0 Å². The SMILES string of the molecule is CN1CCN(S(=O)(=O)c2cc(C(=O)O)cs2)C(c2ccccc2)C1. The third-order valence-corrected chi connectivity index (χ3v) is 7.43. The second kappa shape index (κ2) is 6.64. The number of rotatable bonds is 4. The molecule has 0 bridgehead atoms. The molecule has 0 saturated carbocycles. The lowest BCUT2D eigenvalue weighted by atomic mass is 10.1. The number of carboxylic acids is 1. The molecule has 8 heteroatoms. The Morgan fingerprint density at radius 2 is 1.96 bits per heavy atom. The minimum Gasteiger partial charge on any atom is -0.478 e. The third-order valence-electron chi connectivity index (χ3n) is 4.10. The predicted molar refractivity (Wildman–Crippen MR) is 91.9 cm³/mol. The van der Waals surface area contributed by atoms with Crippen LogP contribution in [0.5, 0.6) is 0 Å². The number of sulfonamides is 1. The Hall–Kier alpha value is -1.74. The van der Waals surface area contributed by atoms with Gasteiger partial charge in [0, 0.05) is 25.0 Å². The molecule has 1 N–H and O–H groups in total. The summed E-state index contributed by atoms with van der Waals surface area (Å²) < 4.78 is 27.6. The van der Waals surface area contributed by atoms with Gasteiger partial charge in [0.15, 0.2) is 0 Å². The summed E-state index contributed by atoms with van der Waals surface area (Å²) >= 11 is 0.952. The maximum Gasteiger partial charge on any atom is 0.336 e. The van der Waals surface area contributed by atoms with E-state index in [0.717, 1.165) is 16.9 Å². The number of likely N-dealkylation sites (N-methyl/N-ethyl adjacent to an activating group) is 1. The van der Waals surface area contributed by atoms with E-state index in [1.165, 1.54) is 15.8 Å². The molecule has 24 heavy (non-hydrogen) atoms. The Bertz CT molecular complexity index is 833. The molecule has 6 nitrogen and oxygen atoms in total. The summed E-state index contributed by atoms with van der Waals surface area (Å²) in [6.45, 7) is 1.61. The highest BCUT2D eigenvalue weighted by Gasteiger charge is 2.37. The second-order valence-corrected chi connectivity index (χ2v) is 8.79. The lowest BCUT2D eigenvalue weighted by Gasteiger charge is -2.39. The summed E-state index contributed by atoms with van der Waals surface area (Å²) in [5, 5.41) is 10.4. The van der Waals surface area contributed by atoms with Crippen LogP contribution in [0.1, 0.15) is 22.0 Å². The zero-order valence-corrected chi connectivity index (χ0v) is 14.8. The van der Waals surface area contributed by atoms with Gasteiger partial charge in [0.1, 0.15) is 4.21 Å². The molecule has 0 amide bonds. The molecule has 128 valence electrons. The Balaban J connectivity index is 1.98. The number of hydrogen-bond donors (Lipinski definition) is 1. The van der Waals surface area contributed by atoms with Gasteiger partial charge in [-0.05, 0) is 18.7 Å². The molecule has 3 rings (SSSR count). The van der Waals surface area contributed by atoms with Crippen LogP contribution < -0.4 is 0 Å². The van der Waals surface area contributed by atoms with Crippen molar-refractivity contribution >= 4 is 27.3 Å². The molecule has 0 aliphatic carbocycles. The molecule has 1 aromatic carbocycles. The van der Waals surface area contributed by atoms with Crippen LogP contribution in [0, 0.1) is 0 Å². The number of benzene rings is 1. The fourth-order valence-corrected chi connectivity index (χ4v) is 5.69. The number of hydrogen-bond acceptors (Lipinski definition) is 5. The smallest absolute Gasteiger partial charge is 0.336 e. The average Bonchev–Trinajstić information content (AvgIpc) is 3.06. The Labute approximate surface area is 145 Å². The highest BCUT2D eigenvalue weighted by Crippen LogP contribution is 2.33.